The van der Waals surface area contributed by atoms with Crippen LogP contribution < -0.4 is 5.50 Å². The molecule has 1 aromatic heterocycles. The van der Waals surface area contributed by atoms with Crippen LogP contribution in [0, 0.1) is 6.92 Å². The molecule has 0 N–H and O–H groups in total. The van der Waals surface area contributed by atoms with E-state index in [1.165, 1.54) is 0 Å². The average Bonchev–Trinajstić information content (AvgIpc) is 1.87. The molecule has 0 radical (unpaired) electrons. The van der Waals surface area contributed by atoms with Crippen LogP contribution in [0.5, 0.6) is 0 Å². The van der Waals surface area contributed by atoms with Gasteiger partial charge in [-0.05, 0) is 19.1 Å². The minimum atomic E-state index is 0.900. The third-order valence-electron chi connectivity index (χ3n) is 0.761. The molecule has 0 amide bonds. The van der Waals surface area contributed by atoms with Crippen LogP contribution in [0.3, 0.4) is 0 Å². The van der Waals surface area contributed by atoms with Crippen molar-refractivity contribution in [1.29, 1.82) is 0 Å². The fraction of sp³-hybridized carbons (Fsp3) is 0.200. The molecule has 0 aliphatic heterocycles. The molecule has 1 heterocycles. The summed E-state index contributed by atoms with van der Waals surface area (Å²) in [6, 6.07) is 3.85. The monoisotopic (exact) mass is 114 g/mol. The SMILES string of the molecule is Cc1ccc(P)o1. The Morgan fingerprint density at radius 3 is 2.43 bits per heavy atom. The second-order valence-electron chi connectivity index (χ2n) is 1.45. The maximum Gasteiger partial charge on any atom is 0.119 e. The van der Waals surface area contributed by atoms with Gasteiger partial charge in [-0.15, -0.1) is 0 Å². The Morgan fingerprint density at radius 2 is 2.29 bits per heavy atom. The molecule has 0 saturated carbocycles. The van der Waals surface area contributed by atoms with Crippen molar-refractivity contribution in [3.8, 4) is 0 Å². The third-order valence-corrected chi connectivity index (χ3v) is 1.07. The Labute approximate surface area is 44.9 Å². The fourth-order valence-electron chi connectivity index (χ4n) is 0.453. The lowest BCUT2D eigenvalue weighted by Gasteiger charge is -1.76. The second-order valence-corrected chi connectivity index (χ2v) is 2.02. The highest BCUT2D eigenvalue weighted by Crippen LogP contribution is 1.96. The molecule has 1 atom stereocenters. The molecule has 1 unspecified atom stereocenters. The minimum Gasteiger partial charge on any atom is -0.462 e. The summed E-state index contributed by atoms with van der Waals surface area (Å²) in [5, 5.41) is 0. The van der Waals surface area contributed by atoms with E-state index in [2.05, 4.69) is 9.24 Å². The molecular formula is C5H7OP. The van der Waals surface area contributed by atoms with Crippen LogP contribution in [0.2, 0.25) is 0 Å². The molecule has 1 aromatic rings. The summed E-state index contributed by atoms with van der Waals surface area (Å²) in [5.74, 6) is 0.963. The Bertz CT molecular complexity index is 140. The van der Waals surface area contributed by atoms with Crippen LogP contribution in [-0.2, 0) is 0 Å². The van der Waals surface area contributed by atoms with Crippen molar-refractivity contribution in [3.05, 3.63) is 17.9 Å². The smallest absolute Gasteiger partial charge is 0.119 e. The Hall–Kier alpha value is -0.290. The van der Waals surface area contributed by atoms with Crippen molar-refractivity contribution in [2.75, 3.05) is 0 Å². The van der Waals surface area contributed by atoms with Gasteiger partial charge in [0.15, 0.2) is 0 Å². The van der Waals surface area contributed by atoms with Gasteiger partial charge in [0, 0.05) is 0 Å². The average molecular weight is 114 g/mol. The summed E-state index contributed by atoms with van der Waals surface area (Å²) >= 11 is 0. The largest absolute Gasteiger partial charge is 0.462 e. The van der Waals surface area contributed by atoms with Gasteiger partial charge in [0.2, 0.25) is 0 Å². The van der Waals surface area contributed by atoms with E-state index in [9.17, 15) is 0 Å². The predicted molar refractivity (Wildman–Crippen MR) is 32.8 cm³/mol. The van der Waals surface area contributed by atoms with E-state index in [-0.39, 0.29) is 0 Å². The van der Waals surface area contributed by atoms with E-state index in [1.807, 2.05) is 19.1 Å². The minimum absolute atomic E-state index is 0.900. The quantitative estimate of drug-likeness (QED) is 0.460. The van der Waals surface area contributed by atoms with Crippen molar-refractivity contribution in [1.82, 2.24) is 0 Å². The summed E-state index contributed by atoms with van der Waals surface area (Å²) in [5.41, 5.74) is 0.900. The molecule has 0 bridgehead atoms. The molecule has 0 fully saturated rings. The zero-order chi connectivity index (χ0) is 5.28. The third kappa shape index (κ3) is 1.04. The topological polar surface area (TPSA) is 13.1 Å². The van der Waals surface area contributed by atoms with Gasteiger partial charge in [0.1, 0.15) is 11.3 Å². The number of hydrogen-bond donors (Lipinski definition) is 0. The van der Waals surface area contributed by atoms with Gasteiger partial charge in [-0.2, -0.15) is 0 Å². The molecule has 0 aliphatic rings. The van der Waals surface area contributed by atoms with Crippen LogP contribution in [0.4, 0.5) is 0 Å². The van der Waals surface area contributed by atoms with Crippen molar-refractivity contribution >= 4 is 14.7 Å². The number of hydrogen-bond acceptors (Lipinski definition) is 1. The number of aryl methyl sites for hydroxylation is 1. The maximum absolute atomic E-state index is 5.05. The first kappa shape index (κ1) is 4.86. The van der Waals surface area contributed by atoms with Crippen LogP contribution in [-0.4, -0.2) is 0 Å². The first-order valence-corrected chi connectivity index (χ1v) is 2.68. The summed E-state index contributed by atoms with van der Waals surface area (Å²) in [6.07, 6.45) is 0. The Kier molecular flexibility index (Phi) is 1.16. The highest BCUT2D eigenvalue weighted by Gasteiger charge is 1.85. The lowest BCUT2D eigenvalue weighted by atomic mass is 10.5. The predicted octanol–water partition coefficient (Wildman–Crippen LogP) is 1.09. The molecule has 0 saturated heterocycles. The first-order chi connectivity index (χ1) is 3.29. The highest BCUT2D eigenvalue weighted by molar-refractivity contribution is 7.26. The first-order valence-electron chi connectivity index (χ1n) is 2.11. The molecule has 0 aromatic carbocycles. The van der Waals surface area contributed by atoms with Crippen molar-refractivity contribution in [3.63, 3.8) is 0 Å². The van der Waals surface area contributed by atoms with E-state index < -0.39 is 0 Å². The fourth-order valence-corrected chi connectivity index (χ4v) is 0.736. The summed E-state index contributed by atoms with van der Waals surface area (Å²) < 4.78 is 5.05. The Balaban J connectivity index is 3.04. The summed E-state index contributed by atoms with van der Waals surface area (Å²) in [6.45, 7) is 1.92. The molecular weight excluding hydrogens is 107 g/mol. The van der Waals surface area contributed by atoms with E-state index in [0.717, 1.165) is 11.3 Å². The van der Waals surface area contributed by atoms with Crippen LogP contribution >= 0.6 is 9.24 Å². The van der Waals surface area contributed by atoms with E-state index in [4.69, 9.17) is 4.42 Å². The molecule has 38 valence electrons. The van der Waals surface area contributed by atoms with Crippen molar-refractivity contribution in [2.45, 2.75) is 6.92 Å². The van der Waals surface area contributed by atoms with Gasteiger partial charge in [0.25, 0.3) is 0 Å². The zero-order valence-corrected chi connectivity index (χ0v) is 5.29. The molecule has 1 nitrogen and oxygen atoms in total. The lowest BCUT2D eigenvalue weighted by molar-refractivity contribution is 0.568. The molecule has 0 spiro atoms. The van der Waals surface area contributed by atoms with Gasteiger partial charge >= 0.3 is 0 Å². The normalized spacial score (nSPS) is 9.43. The van der Waals surface area contributed by atoms with Crippen LogP contribution in [0.1, 0.15) is 5.76 Å². The highest BCUT2D eigenvalue weighted by atomic mass is 31.0. The van der Waals surface area contributed by atoms with E-state index in [1.54, 1.807) is 0 Å². The van der Waals surface area contributed by atoms with Gasteiger partial charge < -0.3 is 4.42 Å². The van der Waals surface area contributed by atoms with Crippen molar-refractivity contribution in [2.24, 2.45) is 0 Å². The zero-order valence-electron chi connectivity index (χ0n) is 4.14. The summed E-state index contributed by atoms with van der Waals surface area (Å²) in [4.78, 5) is 0. The van der Waals surface area contributed by atoms with Gasteiger partial charge in [-0.25, -0.2) is 0 Å². The Morgan fingerprint density at radius 1 is 1.57 bits per heavy atom. The van der Waals surface area contributed by atoms with Gasteiger partial charge in [0.05, 0.1) is 0 Å². The number of rotatable bonds is 0. The molecule has 1 rings (SSSR count). The van der Waals surface area contributed by atoms with Crippen LogP contribution in [0.25, 0.3) is 0 Å². The van der Waals surface area contributed by atoms with E-state index >= 15 is 0 Å². The molecule has 0 aliphatic carbocycles. The standard InChI is InChI=1S/C5H7OP/c1-4-2-3-5(7)6-4/h2-3H,7H2,1H3. The van der Waals surface area contributed by atoms with Gasteiger partial charge in [-0.3, -0.25) is 0 Å². The maximum atomic E-state index is 5.05. The molecule has 7 heavy (non-hydrogen) atoms. The van der Waals surface area contributed by atoms with Crippen LogP contribution in [0.15, 0.2) is 16.5 Å². The lowest BCUT2D eigenvalue weighted by Crippen LogP contribution is -1.75. The van der Waals surface area contributed by atoms with Crippen molar-refractivity contribution < 1.29 is 4.42 Å². The summed E-state index contributed by atoms with van der Waals surface area (Å²) in [7, 11) is 2.48. The second kappa shape index (κ2) is 1.67. The van der Waals surface area contributed by atoms with E-state index in [0.29, 0.717) is 0 Å². The van der Waals surface area contributed by atoms with Gasteiger partial charge in [-0.1, -0.05) is 9.24 Å². The number of furan rings is 1. The molecule has 2 heteroatoms.